The molecule has 0 saturated heterocycles. The van der Waals surface area contributed by atoms with E-state index in [1.54, 1.807) is 0 Å². The van der Waals surface area contributed by atoms with Crippen molar-refractivity contribution in [3.63, 3.8) is 0 Å². The quantitative estimate of drug-likeness (QED) is 0.477. The minimum absolute atomic E-state index is 0.0385. The lowest BCUT2D eigenvalue weighted by Crippen LogP contribution is -1.80. The maximum Gasteiger partial charge on any atom is 0.00512 e. The first kappa shape index (κ1) is 12.8. The number of unbranched alkanes of at least 4 members (excludes halogenated alkanes) is 7. The normalized spacial score (nSPS) is 10.7. The van der Waals surface area contributed by atoms with Crippen molar-refractivity contribution in [1.29, 1.82) is 0 Å². The Balaban J connectivity index is 1.81. The van der Waals surface area contributed by atoms with Crippen molar-refractivity contribution in [3.05, 3.63) is 23.7 Å². The first-order chi connectivity index (χ1) is 7.43. The summed E-state index contributed by atoms with van der Waals surface area (Å²) in [5, 5.41) is 0. The SMILES string of the molecule is CCCCCCCCCCp1[c]ccc1. The summed E-state index contributed by atoms with van der Waals surface area (Å²) in [6.07, 6.45) is 12.8. The molecule has 1 heterocycles. The third-order valence-corrected chi connectivity index (χ3v) is 4.67. The summed E-state index contributed by atoms with van der Waals surface area (Å²) < 4.78 is 0. The zero-order valence-electron chi connectivity index (χ0n) is 10.0. The summed E-state index contributed by atoms with van der Waals surface area (Å²) in [5.41, 5.74) is 0. The van der Waals surface area contributed by atoms with Crippen LogP contribution in [0, 0.1) is 5.80 Å². The molecule has 0 aliphatic carbocycles. The second kappa shape index (κ2) is 9.04. The minimum Gasteiger partial charge on any atom is -0.116 e. The van der Waals surface area contributed by atoms with Crippen LogP contribution in [-0.4, -0.2) is 0 Å². The molecule has 0 aliphatic heterocycles. The lowest BCUT2D eigenvalue weighted by atomic mass is 10.1. The van der Waals surface area contributed by atoms with Crippen LogP contribution in [0.15, 0.2) is 17.9 Å². The van der Waals surface area contributed by atoms with Gasteiger partial charge in [0.25, 0.3) is 0 Å². The molecule has 1 aromatic heterocycles. The van der Waals surface area contributed by atoms with E-state index in [1.807, 2.05) is 0 Å². The summed E-state index contributed by atoms with van der Waals surface area (Å²) in [5.74, 6) is 5.73. The molecule has 1 aromatic rings. The van der Waals surface area contributed by atoms with E-state index in [2.05, 4.69) is 30.7 Å². The van der Waals surface area contributed by atoms with Crippen LogP contribution < -0.4 is 0 Å². The van der Waals surface area contributed by atoms with E-state index in [1.165, 1.54) is 57.5 Å². The monoisotopic (exact) mass is 223 g/mol. The van der Waals surface area contributed by atoms with Gasteiger partial charge in [0.1, 0.15) is 0 Å². The van der Waals surface area contributed by atoms with E-state index in [0.29, 0.717) is 0 Å². The Morgan fingerprint density at radius 1 is 0.933 bits per heavy atom. The Labute approximate surface area is 96.2 Å². The second-order valence-electron chi connectivity index (χ2n) is 4.31. The molecule has 0 saturated carbocycles. The first-order valence-corrected chi connectivity index (χ1v) is 8.06. The molecule has 15 heavy (non-hydrogen) atoms. The lowest BCUT2D eigenvalue weighted by Gasteiger charge is -2.01. The Hall–Kier alpha value is -0.220. The fourth-order valence-corrected chi connectivity index (χ4v) is 3.38. The van der Waals surface area contributed by atoms with Gasteiger partial charge in [0.05, 0.1) is 0 Å². The molecule has 0 N–H and O–H groups in total. The van der Waals surface area contributed by atoms with Crippen LogP contribution in [0.25, 0.3) is 0 Å². The largest absolute Gasteiger partial charge is 0.116 e. The van der Waals surface area contributed by atoms with Crippen LogP contribution in [0.3, 0.4) is 0 Å². The highest BCUT2D eigenvalue weighted by Crippen LogP contribution is 2.29. The Morgan fingerprint density at radius 3 is 2.20 bits per heavy atom. The summed E-state index contributed by atoms with van der Waals surface area (Å²) in [6, 6.07) is 4.23. The number of hydrogen-bond acceptors (Lipinski definition) is 0. The third kappa shape index (κ3) is 6.79. The van der Waals surface area contributed by atoms with E-state index in [4.69, 9.17) is 0 Å². The van der Waals surface area contributed by atoms with Gasteiger partial charge in [-0.3, -0.25) is 0 Å². The highest BCUT2D eigenvalue weighted by atomic mass is 31.1. The molecule has 1 unspecified atom stereocenters. The zero-order chi connectivity index (χ0) is 10.8. The van der Waals surface area contributed by atoms with Gasteiger partial charge in [-0.15, -0.1) is 7.53 Å². The molecule has 0 fully saturated rings. The zero-order valence-corrected chi connectivity index (χ0v) is 10.9. The van der Waals surface area contributed by atoms with Crippen LogP contribution in [0.4, 0.5) is 0 Å². The van der Waals surface area contributed by atoms with Crippen LogP contribution in [0.1, 0.15) is 58.3 Å². The molecule has 1 atom stereocenters. The molecular weight excluding hydrogens is 199 g/mol. The topological polar surface area (TPSA) is 0 Å². The summed E-state index contributed by atoms with van der Waals surface area (Å²) in [4.78, 5) is 0. The van der Waals surface area contributed by atoms with E-state index in [9.17, 15) is 0 Å². The standard InChI is InChI=1S/C14H24P/c1-2-3-4-5-6-7-8-9-12-15-13-10-11-14-15/h10-11,13H,2-9,12H2,1H3. The lowest BCUT2D eigenvalue weighted by molar-refractivity contribution is 0.582. The van der Waals surface area contributed by atoms with Gasteiger partial charge in [-0.05, 0) is 24.4 Å². The highest BCUT2D eigenvalue weighted by molar-refractivity contribution is 7.47. The Morgan fingerprint density at radius 2 is 1.60 bits per heavy atom. The maximum absolute atomic E-state index is 3.40. The summed E-state index contributed by atoms with van der Waals surface area (Å²) in [7, 11) is 0.0385. The number of aryl methyl sites for hydroxylation is 1. The summed E-state index contributed by atoms with van der Waals surface area (Å²) >= 11 is 0. The van der Waals surface area contributed by atoms with Crippen molar-refractivity contribution >= 4 is 7.53 Å². The molecule has 85 valence electrons. The predicted octanol–water partition coefficient (Wildman–Crippen LogP) is 5.61. The third-order valence-electron chi connectivity index (χ3n) is 2.86. The highest BCUT2D eigenvalue weighted by Gasteiger charge is 1.93. The molecule has 1 heteroatoms. The molecule has 0 spiro atoms. The van der Waals surface area contributed by atoms with Gasteiger partial charge in [0, 0.05) is 5.80 Å². The fraction of sp³-hybridized carbons (Fsp3) is 0.714. The smallest absolute Gasteiger partial charge is 0.00512 e. The van der Waals surface area contributed by atoms with Crippen molar-refractivity contribution in [2.24, 2.45) is 0 Å². The van der Waals surface area contributed by atoms with Crippen LogP contribution in [0.2, 0.25) is 0 Å². The molecule has 0 amide bonds. The molecule has 1 rings (SSSR count). The average molecular weight is 223 g/mol. The van der Waals surface area contributed by atoms with Gasteiger partial charge in [-0.25, -0.2) is 0 Å². The van der Waals surface area contributed by atoms with Gasteiger partial charge >= 0.3 is 0 Å². The van der Waals surface area contributed by atoms with Gasteiger partial charge in [0.2, 0.25) is 0 Å². The molecular formula is C14H24P. The van der Waals surface area contributed by atoms with Gasteiger partial charge in [0.15, 0.2) is 0 Å². The van der Waals surface area contributed by atoms with Gasteiger partial charge < -0.3 is 0 Å². The Bertz CT molecular complexity index is 213. The summed E-state index contributed by atoms with van der Waals surface area (Å²) in [6.45, 7) is 2.28. The van der Waals surface area contributed by atoms with E-state index < -0.39 is 0 Å². The van der Waals surface area contributed by atoms with Crippen molar-refractivity contribution in [2.75, 3.05) is 0 Å². The predicted molar refractivity (Wildman–Crippen MR) is 70.6 cm³/mol. The second-order valence-corrected chi connectivity index (χ2v) is 6.25. The molecule has 0 bridgehead atoms. The molecule has 0 aliphatic rings. The fourth-order valence-electron chi connectivity index (χ4n) is 1.88. The van der Waals surface area contributed by atoms with Crippen molar-refractivity contribution in [1.82, 2.24) is 0 Å². The number of hydrogen-bond donors (Lipinski definition) is 0. The van der Waals surface area contributed by atoms with Crippen LogP contribution in [0.5, 0.6) is 0 Å². The van der Waals surface area contributed by atoms with Crippen LogP contribution in [-0.2, 0) is 6.16 Å². The van der Waals surface area contributed by atoms with Crippen molar-refractivity contribution < 1.29 is 0 Å². The maximum atomic E-state index is 3.40. The van der Waals surface area contributed by atoms with Gasteiger partial charge in [-0.1, -0.05) is 57.9 Å². The van der Waals surface area contributed by atoms with E-state index in [-0.39, 0.29) is 7.53 Å². The van der Waals surface area contributed by atoms with Crippen molar-refractivity contribution in [3.8, 4) is 0 Å². The molecule has 1 radical (unpaired) electrons. The Kier molecular flexibility index (Phi) is 7.74. The minimum atomic E-state index is 0.0385. The molecule has 0 aromatic carbocycles. The number of rotatable bonds is 9. The van der Waals surface area contributed by atoms with Crippen LogP contribution >= 0.6 is 7.53 Å². The van der Waals surface area contributed by atoms with E-state index >= 15 is 0 Å². The first-order valence-electron chi connectivity index (χ1n) is 6.46. The van der Waals surface area contributed by atoms with Crippen molar-refractivity contribution in [2.45, 2.75) is 64.5 Å². The average Bonchev–Trinajstić information content (AvgIpc) is 2.75. The van der Waals surface area contributed by atoms with E-state index in [0.717, 1.165) is 0 Å². The van der Waals surface area contributed by atoms with Gasteiger partial charge in [-0.2, -0.15) is 0 Å². The molecule has 0 nitrogen and oxygen atoms in total.